The highest BCUT2D eigenvalue weighted by Crippen LogP contribution is 2.03. The first kappa shape index (κ1) is 11.7. The Morgan fingerprint density at radius 3 is 2.87 bits per heavy atom. The second-order valence-corrected chi connectivity index (χ2v) is 3.61. The summed E-state index contributed by atoms with van der Waals surface area (Å²) in [6, 6.07) is 1.74. The van der Waals surface area contributed by atoms with E-state index in [2.05, 4.69) is 10.5 Å². The Balaban J connectivity index is 2.36. The van der Waals surface area contributed by atoms with E-state index in [-0.39, 0.29) is 6.54 Å². The molecular formula is C9H14N2O4. The molecule has 0 aliphatic heterocycles. The number of hydrogen-bond donors (Lipinski definition) is 3. The number of carboxylic acids is 1. The Hall–Kier alpha value is -1.40. The van der Waals surface area contributed by atoms with Gasteiger partial charge in [-0.2, -0.15) is 0 Å². The number of aryl methyl sites for hydroxylation is 1. The second-order valence-electron chi connectivity index (χ2n) is 3.61. The molecule has 1 aromatic heterocycles. The molecular weight excluding hydrogens is 200 g/mol. The molecule has 1 heterocycles. The van der Waals surface area contributed by atoms with Gasteiger partial charge < -0.3 is 20.1 Å². The maximum atomic E-state index is 10.5. The van der Waals surface area contributed by atoms with Crippen LogP contribution in [0.2, 0.25) is 0 Å². The summed E-state index contributed by atoms with van der Waals surface area (Å²) >= 11 is 0. The molecule has 6 nitrogen and oxygen atoms in total. The van der Waals surface area contributed by atoms with Crippen molar-refractivity contribution in [2.75, 3.05) is 6.54 Å². The summed E-state index contributed by atoms with van der Waals surface area (Å²) in [4.78, 5) is 10.5. The molecule has 0 radical (unpaired) electrons. The number of nitrogens with one attached hydrogen (secondary N) is 1. The molecule has 3 N–H and O–H groups in total. The van der Waals surface area contributed by atoms with Gasteiger partial charge in [0, 0.05) is 19.2 Å². The van der Waals surface area contributed by atoms with Gasteiger partial charge in [0.2, 0.25) is 0 Å². The molecule has 1 rings (SSSR count). The van der Waals surface area contributed by atoms with E-state index in [9.17, 15) is 9.90 Å². The van der Waals surface area contributed by atoms with Crippen molar-refractivity contribution in [3.8, 4) is 0 Å². The fourth-order valence-electron chi connectivity index (χ4n) is 1.01. The van der Waals surface area contributed by atoms with E-state index in [4.69, 9.17) is 9.63 Å². The van der Waals surface area contributed by atoms with Crippen LogP contribution in [0.4, 0.5) is 0 Å². The zero-order valence-electron chi connectivity index (χ0n) is 8.65. The molecule has 0 amide bonds. The summed E-state index contributed by atoms with van der Waals surface area (Å²) in [6.45, 7) is 3.31. The van der Waals surface area contributed by atoms with Gasteiger partial charge in [-0.05, 0) is 13.8 Å². The number of rotatable bonds is 5. The van der Waals surface area contributed by atoms with E-state index in [1.807, 2.05) is 0 Å². The number of aromatic nitrogens is 1. The third-order valence-electron chi connectivity index (χ3n) is 1.91. The van der Waals surface area contributed by atoms with Gasteiger partial charge in [-0.1, -0.05) is 5.16 Å². The van der Waals surface area contributed by atoms with Gasteiger partial charge in [0.05, 0.1) is 5.69 Å². The molecule has 0 bridgehead atoms. The van der Waals surface area contributed by atoms with Crippen molar-refractivity contribution in [2.24, 2.45) is 0 Å². The zero-order chi connectivity index (χ0) is 11.5. The van der Waals surface area contributed by atoms with Crippen molar-refractivity contribution >= 4 is 5.97 Å². The fraction of sp³-hybridized carbons (Fsp3) is 0.556. The van der Waals surface area contributed by atoms with Crippen molar-refractivity contribution in [1.29, 1.82) is 0 Å². The van der Waals surface area contributed by atoms with Gasteiger partial charge in [-0.25, -0.2) is 4.79 Å². The number of aliphatic carboxylic acids is 1. The minimum atomic E-state index is -1.77. The first-order chi connectivity index (χ1) is 6.92. The number of carbonyl (C=O) groups is 1. The summed E-state index contributed by atoms with van der Waals surface area (Å²) in [5.41, 5.74) is -1.09. The fourth-order valence-corrected chi connectivity index (χ4v) is 1.01. The minimum absolute atomic E-state index is 0.0474. The number of carboxylic acid groups (broad SMARTS) is 1. The molecule has 0 aliphatic rings. The first-order valence-electron chi connectivity index (χ1n) is 4.50. The normalized spacial score (nSPS) is 14.9. The molecule has 1 atom stereocenters. The topological polar surface area (TPSA) is 95.6 Å². The molecule has 1 aromatic rings. The van der Waals surface area contributed by atoms with Crippen LogP contribution in [-0.4, -0.2) is 33.5 Å². The number of hydrogen-bond acceptors (Lipinski definition) is 5. The Bertz CT molecular complexity index is 346. The molecule has 0 aliphatic carbocycles. The molecule has 0 aromatic carbocycles. The van der Waals surface area contributed by atoms with Crippen LogP contribution in [-0.2, 0) is 11.3 Å². The summed E-state index contributed by atoms with van der Waals surface area (Å²) in [5.74, 6) is -0.567. The maximum absolute atomic E-state index is 10.5. The van der Waals surface area contributed by atoms with Crippen molar-refractivity contribution < 1.29 is 19.5 Å². The predicted molar refractivity (Wildman–Crippen MR) is 51.2 cm³/mol. The molecule has 6 heteroatoms. The van der Waals surface area contributed by atoms with Crippen LogP contribution in [0.25, 0.3) is 0 Å². The van der Waals surface area contributed by atoms with Crippen LogP contribution in [0.3, 0.4) is 0 Å². The number of aliphatic hydroxyl groups is 1. The second kappa shape index (κ2) is 4.41. The molecule has 15 heavy (non-hydrogen) atoms. The molecule has 0 saturated carbocycles. The van der Waals surface area contributed by atoms with Crippen molar-refractivity contribution in [1.82, 2.24) is 10.5 Å². The van der Waals surface area contributed by atoms with E-state index >= 15 is 0 Å². The molecule has 1 unspecified atom stereocenters. The van der Waals surface area contributed by atoms with E-state index in [0.717, 1.165) is 0 Å². The van der Waals surface area contributed by atoms with E-state index in [0.29, 0.717) is 18.0 Å². The minimum Gasteiger partial charge on any atom is -0.479 e. The van der Waals surface area contributed by atoms with Gasteiger partial charge in [0.15, 0.2) is 5.60 Å². The van der Waals surface area contributed by atoms with Crippen LogP contribution < -0.4 is 5.32 Å². The van der Waals surface area contributed by atoms with Gasteiger partial charge in [-0.15, -0.1) is 0 Å². The van der Waals surface area contributed by atoms with Crippen molar-refractivity contribution in [2.45, 2.75) is 26.0 Å². The maximum Gasteiger partial charge on any atom is 0.336 e. The lowest BCUT2D eigenvalue weighted by Crippen LogP contribution is -2.44. The molecule has 84 valence electrons. The Morgan fingerprint density at radius 2 is 2.40 bits per heavy atom. The van der Waals surface area contributed by atoms with Crippen LogP contribution in [0.15, 0.2) is 10.6 Å². The van der Waals surface area contributed by atoms with Gasteiger partial charge in [0.1, 0.15) is 5.76 Å². The van der Waals surface area contributed by atoms with E-state index in [1.54, 1.807) is 13.0 Å². The Labute approximate surface area is 86.9 Å². The average Bonchev–Trinajstić information content (AvgIpc) is 2.51. The SMILES string of the molecule is Cc1cc(CNCC(C)(O)C(=O)O)no1. The molecule has 0 spiro atoms. The van der Waals surface area contributed by atoms with Crippen LogP contribution in [0.1, 0.15) is 18.4 Å². The Morgan fingerprint density at radius 1 is 1.73 bits per heavy atom. The highest BCUT2D eigenvalue weighted by atomic mass is 16.5. The number of nitrogens with zero attached hydrogens (tertiary/aromatic N) is 1. The lowest BCUT2D eigenvalue weighted by Gasteiger charge is -2.17. The van der Waals surface area contributed by atoms with E-state index < -0.39 is 11.6 Å². The zero-order valence-corrected chi connectivity index (χ0v) is 8.65. The molecule has 0 fully saturated rings. The van der Waals surface area contributed by atoms with Crippen LogP contribution in [0.5, 0.6) is 0 Å². The highest BCUT2D eigenvalue weighted by molar-refractivity contribution is 5.76. The molecule has 0 saturated heterocycles. The third kappa shape index (κ3) is 3.34. The quantitative estimate of drug-likeness (QED) is 0.634. The van der Waals surface area contributed by atoms with E-state index in [1.165, 1.54) is 6.92 Å². The standard InChI is InChI=1S/C9H14N2O4/c1-6-3-7(11-15-6)4-10-5-9(2,14)8(12)13/h3,10,14H,4-5H2,1-2H3,(H,12,13). The van der Waals surface area contributed by atoms with Crippen LogP contribution in [0, 0.1) is 6.92 Å². The third-order valence-corrected chi connectivity index (χ3v) is 1.91. The lowest BCUT2D eigenvalue weighted by molar-refractivity contribution is -0.156. The Kier molecular flexibility index (Phi) is 3.43. The summed E-state index contributed by atoms with van der Waals surface area (Å²) in [5, 5.41) is 24.5. The largest absolute Gasteiger partial charge is 0.479 e. The van der Waals surface area contributed by atoms with Crippen molar-refractivity contribution in [3.63, 3.8) is 0 Å². The predicted octanol–water partition coefficient (Wildman–Crippen LogP) is -0.0918. The van der Waals surface area contributed by atoms with Gasteiger partial charge in [0.25, 0.3) is 0 Å². The van der Waals surface area contributed by atoms with Gasteiger partial charge in [-0.3, -0.25) is 0 Å². The highest BCUT2D eigenvalue weighted by Gasteiger charge is 2.29. The average molecular weight is 214 g/mol. The monoisotopic (exact) mass is 214 g/mol. The van der Waals surface area contributed by atoms with Gasteiger partial charge >= 0.3 is 5.97 Å². The van der Waals surface area contributed by atoms with Crippen molar-refractivity contribution in [3.05, 3.63) is 17.5 Å². The summed E-state index contributed by atoms with van der Waals surface area (Å²) in [7, 11) is 0. The van der Waals surface area contributed by atoms with Crippen LogP contribution >= 0.6 is 0 Å². The lowest BCUT2D eigenvalue weighted by atomic mass is 10.1. The summed E-state index contributed by atoms with van der Waals surface area (Å²) in [6.07, 6.45) is 0. The first-order valence-corrected chi connectivity index (χ1v) is 4.50. The smallest absolute Gasteiger partial charge is 0.336 e. The summed E-state index contributed by atoms with van der Waals surface area (Å²) < 4.78 is 4.83.